The number of ketones is 1. The van der Waals surface area contributed by atoms with Crippen molar-refractivity contribution < 1.29 is 4.79 Å². The predicted octanol–water partition coefficient (Wildman–Crippen LogP) is 4.52. The number of rotatable bonds is 4. The summed E-state index contributed by atoms with van der Waals surface area (Å²) in [7, 11) is 0. The van der Waals surface area contributed by atoms with Gasteiger partial charge in [-0.2, -0.15) is 0 Å². The van der Waals surface area contributed by atoms with E-state index >= 15 is 0 Å². The minimum atomic E-state index is 0.400. The summed E-state index contributed by atoms with van der Waals surface area (Å²) in [5.41, 5.74) is 2.26. The molecule has 0 radical (unpaired) electrons. The summed E-state index contributed by atoms with van der Waals surface area (Å²) in [5.74, 6) is 7.36. The number of Topliss-reactive ketones (excluding diaryl/α,β-unsaturated/α-hetero) is 1. The van der Waals surface area contributed by atoms with Gasteiger partial charge >= 0.3 is 0 Å². The van der Waals surface area contributed by atoms with Crippen LogP contribution in [0.4, 0.5) is 0 Å². The van der Waals surface area contributed by atoms with Crippen molar-refractivity contribution in [1.29, 1.82) is 0 Å². The molecule has 0 saturated heterocycles. The van der Waals surface area contributed by atoms with Gasteiger partial charge in [0, 0.05) is 18.4 Å². The number of carbonyl (C=O) groups is 1. The van der Waals surface area contributed by atoms with E-state index in [4.69, 9.17) is 0 Å². The molecule has 2 rings (SSSR count). The molecule has 0 bridgehead atoms. The van der Waals surface area contributed by atoms with E-state index in [2.05, 4.69) is 24.8 Å². The molecule has 1 fully saturated rings. The van der Waals surface area contributed by atoms with Crippen LogP contribution in [0.2, 0.25) is 0 Å². The van der Waals surface area contributed by atoms with Crippen LogP contribution in [-0.2, 0) is 4.79 Å². The predicted molar refractivity (Wildman–Crippen MR) is 83.3 cm³/mol. The lowest BCUT2D eigenvalue weighted by Crippen LogP contribution is -1.93. The van der Waals surface area contributed by atoms with Crippen molar-refractivity contribution in [2.75, 3.05) is 0 Å². The lowest BCUT2D eigenvalue weighted by Gasteiger charge is -2.04. The molecule has 0 aliphatic heterocycles. The monoisotopic (exact) mass is 266 g/mol. The molecule has 104 valence electrons. The number of carbonyl (C=O) groups excluding carboxylic acids is 1. The van der Waals surface area contributed by atoms with E-state index in [9.17, 15) is 4.79 Å². The summed E-state index contributed by atoms with van der Waals surface area (Å²) in [6.45, 7) is 2.20. The summed E-state index contributed by atoms with van der Waals surface area (Å²) < 4.78 is 0. The Morgan fingerprint density at radius 2 is 2.15 bits per heavy atom. The maximum absolute atomic E-state index is 11.4. The highest BCUT2D eigenvalue weighted by molar-refractivity contribution is 5.81. The Kier molecular flexibility index (Phi) is 5.62. The molecule has 1 aromatic carbocycles. The van der Waals surface area contributed by atoms with Crippen LogP contribution in [0.15, 0.2) is 42.0 Å². The second-order valence-electron chi connectivity index (χ2n) is 5.45. The number of hydrogen-bond donors (Lipinski definition) is 0. The molecule has 1 heteroatoms. The van der Waals surface area contributed by atoms with Gasteiger partial charge in [0.15, 0.2) is 0 Å². The van der Waals surface area contributed by atoms with E-state index in [1.165, 1.54) is 12.0 Å². The zero-order valence-electron chi connectivity index (χ0n) is 12.2. The van der Waals surface area contributed by atoms with Gasteiger partial charge in [-0.1, -0.05) is 49.5 Å². The normalized spacial score (nSPS) is 18.8. The third kappa shape index (κ3) is 4.70. The maximum Gasteiger partial charge on any atom is 0.133 e. The van der Waals surface area contributed by atoms with E-state index in [1.54, 1.807) is 0 Å². The molecule has 0 aromatic heterocycles. The van der Waals surface area contributed by atoms with E-state index in [0.29, 0.717) is 18.1 Å². The van der Waals surface area contributed by atoms with Gasteiger partial charge in [-0.15, -0.1) is 0 Å². The molecule has 1 saturated carbocycles. The second kappa shape index (κ2) is 7.70. The number of unbranched alkanes of at least 4 members (excludes halogenated alkanes) is 1. The minimum Gasteiger partial charge on any atom is -0.300 e. The molecular weight excluding hydrogens is 244 g/mol. The Morgan fingerprint density at radius 1 is 1.35 bits per heavy atom. The van der Waals surface area contributed by atoms with Crippen LogP contribution in [-0.4, -0.2) is 5.78 Å². The maximum atomic E-state index is 11.4. The summed E-state index contributed by atoms with van der Waals surface area (Å²) in [5, 5.41) is 0. The average Bonchev–Trinajstić information content (AvgIpc) is 2.88. The second-order valence-corrected chi connectivity index (χ2v) is 5.45. The van der Waals surface area contributed by atoms with Gasteiger partial charge < -0.3 is 0 Å². The van der Waals surface area contributed by atoms with Crippen LogP contribution in [0.25, 0.3) is 0 Å². The molecule has 20 heavy (non-hydrogen) atoms. The first kappa shape index (κ1) is 14.6. The third-order valence-corrected chi connectivity index (χ3v) is 3.66. The fourth-order valence-corrected chi connectivity index (χ4v) is 2.50. The average molecular weight is 266 g/mol. The molecule has 1 aliphatic rings. The smallest absolute Gasteiger partial charge is 0.133 e. The molecule has 0 spiro atoms. The Hall–Kier alpha value is -1.81. The number of hydrogen-bond acceptors (Lipinski definition) is 1. The van der Waals surface area contributed by atoms with Crippen LogP contribution < -0.4 is 0 Å². The molecule has 1 aliphatic carbocycles. The van der Waals surface area contributed by atoms with Gasteiger partial charge in [0.25, 0.3) is 0 Å². The Balaban J connectivity index is 2.09. The van der Waals surface area contributed by atoms with E-state index in [1.807, 2.05) is 30.3 Å². The van der Waals surface area contributed by atoms with Crippen molar-refractivity contribution in [2.24, 2.45) is 5.92 Å². The van der Waals surface area contributed by atoms with Crippen LogP contribution in [0.3, 0.4) is 0 Å². The summed E-state index contributed by atoms with van der Waals surface area (Å²) in [6.07, 6.45) is 8.07. The zero-order chi connectivity index (χ0) is 14.2. The van der Waals surface area contributed by atoms with Gasteiger partial charge in [0.1, 0.15) is 5.78 Å². The largest absolute Gasteiger partial charge is 0.300 e. The fourth-order valence-electron chi connectivity index (χ4n) is 2.50. The molecular formula is C19H22O. The molecule has 1 aromatic rings. The standard InChI is InChI=1S/C19H22O/c1-2-3-7-17(14-18-12-13-19(20)15-18)11-10-16-8-5-4-6-9-16/h4-6,8-9,14,18H,2-3,7,12-13,15H2,1H3/b17-14-. The topological polar surface area (TPSA) is 17.1 Å². The van der Waals surface area contributed by atoms with Gasteiger partial charge in [0.05, 0.1) is 0 Å². The minimum absolute atomic E-state index is 0.400. The van der Waals surface area contributed by atoms with Crippen molar-refractivity contribution >= 4 is 5.78 Å². The van der Waals surface area contributed by atoms with E-state index in [0.717, 1.165) is 31.2 Å². The first-order valence-electron chi connectivity index (χ1n) is 7.57. The van der Waals surface area contributed by atoms with Gasteiger partial charge in [-0.25, -0.2) is 0 Å². The molecule has 0 N–H and O–H groups in total. The van der Waals surface area contributed by atoms with Crippen LogP contribution in [0, 0.1) is 17.8 Å². The van der Waals surface area contributed by atoms with Gasteiger partial charge in [-0.05, 0) is 42.9 Å². The number of allylic oxidation sites excluding steroid dienone is 2. The molecule has 0 amide bonds. The van der Waals surface area contributed by atoms with Crippen molar-refractivity contribution in [3.63, 3.8) is 0 Å². The molecule has 0 heterocycles. The number of benzene rings is 1. The third-order valence-electron chi connectivity index (χ3n) is 3.66. The lowest BCUT2D eigenvalue weighted by molar-refractivity contribution is -0.117. The quantitative estimate of drug-likeness (QED) is 0.732. The lowest BCUT2D eigenvalue weighted by atomic mass is 10.0. The molecule has 1 nitrogen and oxygen atoms in total. The van der Waals surface area contributed by atoms with E-state index < -0.39 is 0 Å². The van der Waals surface area contributed by atoms with Crippen molar-refractivity contribution in [1.82, 2.24) is 0 Å². The van der Waals surface area contributed by atoms with E-state index in [-0.39, 0.29) is 0 Å². The van der Waals surface area contributed by atoms with Gasteiger partial charge in [0.2, 0.25) is 0 Å². The summed E-state index contributed by atoms with van der Waals surface area (Å²) in [4.78, 5) is 11.4. The Morgan fingerprint density at radius 3 is 2.80 bits per heavy atom. The zero-order valence-corrected chi connectivity index (χ0v) is 12.2. The first-order valence-corrected chi connectivity index (χ1v) is 7.57. The first-order chi connectivity index (χ1) is 9.78. The Labute approximate surface area is 122 Å². The highest BCUT2D eigenvalue weighted by Gasteiger charge is 2.20. The fraction of sp³-hybridized carbons (Fsp3) is 0.421. The van der Waals surface area contributed by atoms with Crippen molar-refractivity contribution in [3.8, 4) is 11.8 Å². The Bertz CT molecular complexity index is 528. The highest BCUT2D eigenvalue weighted by Crippen LogP contribution is 2.25. The van der Waals surface area contributed by atoms with Crippen LogP contribution in [0.5, 0.6) is 0 Å². The van der Waals surface area contributed by atoms with Crippen LogP contribution in [0.1, 0.15) is 51.0 Å². The van der Waals surface area contributed by atoms with Crippen molar-refractivity contribution in [3.05, 3.63) is 47.5 Å². The molecule has 1 atom stereocenters. The van der Waals surface area contributed by atoms with Gasteiger partial charge in [-0.3, -0.25) is 4.79 Å². The summed E-state index contributed by atoms with van der Waals surface area (Å²) >= 11 is 0. The molecule has 1 unspecified atom stereocenters. The highest BCUT2D eigenvalue weighted by atomic mass is 16.1. The summed E-state index contributed by atoms with van der Waals surface area (Å²) in [6, 6.07) is 10.1. The SMILES string of the molecule is CCCC/C(C#Cc1ccccc1)=C/C1CCC(=O)C1. The van der Waals surface area contributed by atoms with Crippen molar-refractivity contribution in [2.45, 2.75) is 45.4 Å². The van der Waals surface area contributed by atoms with Crippen LogP contribution >= 0.6 is 0 Å².